The Morgan fingerprint density at radius 2 is 2.05 bits per heavy atom. The highest BCUT2D eigenvalue weighted by molar-refractivity contribution is 7.14. The van der Waals surface area contributed by atoms with E-state index in [1.54, 1.807) is 6.07 Å². The van der Waals surface area contributed by atoms with Gasteiger partial charge < -0.3 is 0 Å². The maximum atomic E-state index is 6.22. The number of aromatic nitrogens is 1. The van der Waals surface area contributed by atoms with Crippen LogP contribution in [0.2, 0.25) is 10.0 Å². The van der Waals surface area contributed by atoms with Gasteiger partial charge in [0.2, 0.25) is 5.13 Å². The first-order valence-electron chi connectivity index (χ1n) is 7.34. The number of anilines is 1. The SMILES string of the molecule is CC1CCC(=NNc2nc(-c3ccc(Cl)cc3Cl)cs2)CC1. The number of hydrogen-bond donors (Lipinski definition) is 1. The lowest BCUT2D eigenvalue weighted by atomic mass is 9.90. The molecule has 1 aliphatic carbocycles. The van der Waals surface area contributed by atoms with Gasteiger partial charge in [0.25, 0.3) is 0 Å². The Kier molecular flexibility index (Phi) is 5.01. The minimum Gasteiger partial charge on any atom is -0.253 e. The van der Waals surface area contributed by atoms with Crippen LogP contribution in [-0.4, -0.2) is 10.7 Å². The molecule has 3 nitrogen and oxygen atoms in total. The maximum Gasteiger partial charge on any atom is 0.203 e. The molecule has 2 aromatic rings. The number of rotatable bonds is 3. The summed E-state index contributed by atoms with van der Waals surface area (Å²) in [7, 11) is 0. The van der Waals surface area contributed by atoms with Gasteiger partial charge in [-0.15, -0.1) is 11.3 Å². The summed E-state index contributed by atoms with van der Waals surface area (Å²) in [4.78, 5) is 4.54. The van der Waals surface area contributed by atoms with Crippen molar-refractivity contribution in [3.05, 3.63) is 33.6 Å². The average Bonchev–Trinajstić information content (AvgIpc) is 2.95. The molecule has 1 aromatic carbocycles. The third kappa shape index (κ3) is 3.80. The molecule has 0 unspecified atom stereocenters. The highest BCUT2D eigenvalue weighted by Crippen LogP contribution is 2.32. The molecule has 0 amide bonds. The quantitative estimate of drug-likeness (QED) is 0.677. The smallest absolute Gasteiger partial charge is 0.203 e. The first-order chi connectivity index (χ1) is 10.6. The number of nitrogens with one attached hydrogen (secondary N) is 1. The molecule has 0 saturated heterocycles. The van der Waals surface area contributed by atoms with Crippen LogP contribution in [0.3, 0.4) is 0 Å². The monoisotopic (exact) mass is 353 g/mol. The van der Waals surface area contributed by atoms with E-state index in [0.717, 1.165) is 35.1 Å². The molecule has 3 rings (SSSR count). The van der Waals surface area contributed by atoms with Crippen LogP contribution in [0.15, 0.2) is 28.7 Å². The zero-order valence-corrected chi connectivity index (χ0v) is 14.6. The largest absolute Gasteiger partial charge is 0.253 e. The Morgan fingerprint density at radius 3 is 2.77 bits per heavy atom. The number of benzene rings is 1. The second-order valence-electron chi connectivity index (χ2n) is 5.63. The molecular weight excluding hydrogens is 337 g/mol. The van der Waals surface area contributed by atoms with E-state index in [4.69, 9.17) is 23.2 Å². The summed E-state index contributed by atoms with van der Waals surface area (Å²) in [6.07, 6.45) is 4.61. The van der Waals surface area contributed by atoms with Gasteiger partial charge in [0.05, 0.1) is 10.7 Å². The van der Waals surface area contributed by atoms with E-state index >= 15 is 0 Å². The van der Waals surface area contributed by atoms with Crippen molar-refractivity contribution in [3.63, 3.8) is 0 Å². The Bertz CT molecular complexity index is 686. The summed E-state index contributed by atoms with van der Waals surface area (Å²) < 4.78 is 0. The van der Waals surface area contributed by atoms with Gasteiger partial charge in [0, 0.05) is 21.7 Å². The van der Waals surface area contributed by atoms with Crippen molar-refractivity contribution in [2.75, 3.05) is 5.43 Å². The number of nitrogens with zero attached hydrogens (tertiary/aromatic N) is 2. The predicted molar refractivity (Wildman–Crippen MR) is 96.3 cm³/mol. The fourth-order valence-electron chi connectivity index (χ4n) is 2.48. The number of thiazole rings is 1. The van der Waals surface area contributed by atoms with Crippen molar-refractivity contribution in [1.82, 2.24) is 4.98 Å². The van der Waals surface area contributed by atoms with E-state index in [2.05, 4.69) is 22.4 Å². The van der Waals surface area contributed by atoms with Crippen molar-refractivity contribution in [1.29, 1.82) is 0 Å². The normalized spacial score (nSPS) is 18.3. The number of hydrazone groups is 1. The van der Waals surface area contributed by atoms with Gasteiger partial charge in [0.15, 0.2) is 0 Å². The minimum absolute atomic E-state index is 0.608. The summed E-state index contributed by atoms with van der Waals surface area (Å²) in [6.45, 7) is 2.30. The van der Waals surface area contributed by atoms with Crippen molar-refractivity contribution < 1.29 is 0 Å². The molecule has 1 N–H and O–H groups in total. The van der Waals surface area contributed by atoms with Gasteiger partial charge in [-0.1, -0.05) is 30.1 Å². The lowest BCUT2D eigenvalue weighted by Crippen LogP contribution is -2.12. The molecule has 1 aliphatic rings. The first kappa shape index (κ1) is 15.8. The van der Waals surface area contributed by atoms with E-state index in [9.17, 15) is 0 Å². The van der Waals surface area contributed by atoms with Gasteiger partial charge in [-0.2, -0.15) is 5.10 Å². The first-order valence-corrected chi connectivity index (χ1v) is 8.98. The third-order valence-electron chi connectivity index (χ3n) is 3.87. The molecule has 1 fully saturated rings. The molecule has 1 saturated carbocycles. The second-order valence-corrected chi connectivity index (χ2v) is 7.34. The van der Waals surface area contributed by atoms with Gasteiger partial charge in [-0.3, -0.25) is 5.43 Å². The molecule has 0 radical (unpaired) electrons. The lowest BCUT2D eigenvalue weighted by Gasteiger charge is -2.18. The molecule has 1 aromatic heterocycles. The zero-order chi connectivity index (χ0) is 15.5. The maximum absolute atomic E-state index is 6.22. The summed E-state index contributed by atoms with van der Waals surface area (Å²) in [5.74, 6) is 0.817. The second kappa shape index (κ2) is 6.99. The van der Waals surface area contributed by atoms with Crippen LogP contribution in [0.5, 0.6) is 0 Å². The van der Waals surface area contributed by atoms with Gasteiger partial charge in [-0.05, 0) is 49.8 Å². The fraction of sp³-hybridized carbons (Fsp3) is 0.375. The topological polar surface area (TPSA) is 37.3 Å². The molecular formula is C16H17Cl2N3S. The van der Waals surface area contributed by atoms with Crippen LogP contribution < -0.4 is 5.43 Å². The molecule has 116 valence electrons. The predicted octanol–water partition coefficient (Wildman–Crippen LogP) is 6.09. The molecule has 0 aliphatic heterocycles. The Hall–Kier alpha value is -1.10. The molecule has 0 atom stereocenters. The zero-order valence-electron chi connectivity index (χ0n) is 12.3. The van der Waals surface area contributed by atoms with Crippen molar-refractivity contribution in [2.45, 2.75) is 32.6 Å². The molecule has 6 heteroatoms. The summed E-state index contributed by atoms with van der Waals surface area (Å²) in [5.41, 5.74) is 6.04. The number of halogens is 2. The van der Waals surface area contributed by atoms with E-state index in [0.29, 0.717) is 10.0 Å². The number of hydrogen-bond acceptors (Lipinski definition) is 4. The third-order valence-corrected chi connectivity index (χ3v) is 5.17. The van der Waals surface area contributed by atoms with Crippen molar-refractivity contribution in [3.8, 4) is 11.3 Å². The minimum atomic E-state index is 0.608. The molecule has 1 heterocycles. The van der Waals surface area contributed by atoms with Gasteiger partial charge >= 0.3 is 0 Å². The van der Waals surface area contributed by atoms with E-state index in [-0.39, 0.29) is 0 Å². The highest BCUT2D eigenvalue weighted by atomic mass is 35.5. The van der Waals surface area contributed by atoms with E-state index in [1.807, 2.05) is 17.5 Å². The Morgan fingerprint density at radius 1 is 1.27 bits per heavy atom. The van der Waals surface area contributed by atoms with Crippen molar-refractivity contribution in [2.24, 2.45) is 11.0 Å². The molecule has 0 bridgehead atoms. The Balaban J connectivity index is 1.70. The van der Waals surface area contributed by atoms with Gasteiger partial charge in [0.1, 0.15) is 0 Å². The Labute approximate surface area is 144 Å². The average molecular weight is 354 g/mol. The lowest BCUT2D eigenvalue weighted by molar-refractivity contribution is 0.483. The standard InChI is InChI=1S/C16H17Cl2N3S/c1-10-2-5-12(6-3-10)20-21-16-19-15(9-22-16)13-7-4-11(17)8-14(13)18/h4,7-10H,2-3,5-6H2,1H3,(H,19,21). The van der Waals surface area contributed by atoms with Crippen LogP contribution in [0.1, 0.15) is 32.6 Å². The summed E-state index contributed by atoms with van der Waals surface area (Å²) in [5, 5.41) is 8.48. The van der Waals surface area contributed by atoms with Crippen molar-refractivity contribution >= 4 is 45.4 Å². The van der Waals surface area contributed by atoms with Crippen LogP contribution >= 0.6 is 34.5 Å². The van der Waals surface area contributed by atoms with Crippen LogP contribution in [0.4, 0.5) is 5.13 Å². The summed E-state index contributed by atoms with van der Waals surface area (Å²) >= 11 is 13.7. The van der Waals surface area contributed by atoms with Crippen LogP contribution in [0.25, 0.3) is 11.3 Å². The van der Waals surface area contributed by atoms with E-state index in [1.165, 1.54) is 29.9 Å². The van der Waals surface area contributed by atoms with Crippen LogP contribution in [0, 0.1) is 5.92 Å². The highest BCUT2D eigenvalue weighted by Gasteiger charge is 2.14. The molecule has 0 spiro atoms. The van der Waals surface area contributed by atoms with Gasteiger partial charge in [-0.25, -0.2) is 4.98 Å². The summed E-state index contributed by atoms with van der Waals surface area (Å²) in [6, 6.07) is 5.44. The van der Waals surface area contributed by atoms with Crippen LogP contribution in [-0.2, 0) is 0 Å². The molecule has 22 heavy (non-hydrogen) atoms. The van der Waals surface area contributed by atoms with E-state index < -0.39 is 0 Å². The fourth-order valence-corrected chi connectivity index (χ4v) is 3.64.